The lowest BCUT2D eigenvalue weighted by Gasteiger charge is -2.22. The minimum Gasteiger partial charge on any atom is -0.349 e. The highest BCUT2D eigenvalue weighted by atomic mass is 35.5. The predicted molar refractivity (Wildman–Crippen MR) is 106 cm³/mol. The Morgan fingerprint density at radius 1 is 1.11 bits per heavy atom. The third-order valence-electron chi connectivity index (χ3n) is 5.07. The van der Waals surface area contributed by atoms with Gasteiger partial charge in [0.05, 0.1) is 5.02 Å². The second-order valence-corrected chi connectivity index (χ2v) is 9.31. The maximum Gasteiger partial charge on any atom is 0.242 e. The summed E-state index contributed by atoms with van der Waals surface area (Å²) in [5, 5.41) is 0.143. The first-order valence-electron chi connectivity index (χ1n) is 8.92. The summed E-state index contributed by atoms with van der Waals surface area (Å²) in [6.07, 6.45) is 0.808. The second kappa shape index (κ2) is 8.19. The van der Waals surface area contributed by atoms with E-state index in [1.165, 1.54) is 29.2 Å². The summed E-state index contributed by atoms with van der Waals surface area (Å²) in [6.45, 7) is 0. The van der Waals surface area contributed by atoms with E-state index in [2.05, 4.69) is 4.72 Å². The van der Waals surface area contributed by atoms with Gasteiger partial charge in [0, 0.05) is 26.1 Å². The number of amides is 1. The molecule has 0 heterocycles. The fourth-order valence-corrected chi connectivity index (χ4v) is 5.54. The third-order valence-corrected chi connectivity index (χ3v) is 7.09. The topological polar surface area (TPSA) is 66.5 Å². The summed E-state index contributed by atoms with van der Waals surface area (Å²) in [7, 11) is -0.479. The van der Waals surface area contributed by atoms with Crippen molar-refractivity contribution < 1.29 is 17.6 Å². The van der Waals surface area contributed by atoms with Crippen molar-refractivity contribution in [3.05, 3.63) is 64.9 Å². The molecular weight excluding hydrogens is 403 g/mol. The van der Waals surface area contributed by atoms with Gasteiger partial charge in [-0.3, -0.25) is 4.79 Å². The van der Waals surface area contributed by atoms with Crippen molar-refractivity contribution >= 4 is 27.5 Å². The zero-order chi connectivity index (χ0) is 20.5. The van der Waals surface area contributed by atoms with Crippen LogP contribution in [0.4, 0.5) is 4.39 Å². The van der Waals surface area contributed by atoms with Gasteiger partial charge >= 0.3 is 0 Å². The molecule has 0 unspecified atom stereocenters. The van der Waals surface area contributed by atoms with Crippen LogP contribution in [-0.2, 0) is 14.8 Å². The summed E-state index contributed by atoms with van der Waals surface area (Å²) in [4.78, 5) is 14.2. The van der Waals surface area contributed by atoms with Crippen molar-refractivity contribution in [3.63, 3.8) is 0 Å². The Labute approximate surface area is 169 Å². The largest absolute Gasteiger partial charge is 0.349 e. The Morgan fingerprint density at radius 3 is 2.36 bits per heavy atom. The van der Waals surface area contributed by atoms with Crippen molar-refractivity contribution in [2.75, 3.05) is 14.1 Å². The first-order chi connectivity index (χ1) is 13.2. The molecule has 2 aromatic carbocycles. The number of hydrogen-bond donors (Lipinski definition) is 1. The van der Waals surface area contributed by atoms with E-state index in [1.54, 1.807) is 38.4 Å². The molecule has 3 rings (SSSR count). The fraction of sp³-hybridized carbons (Fsp3) is 0.350. The van der Waals surface area contributed by atoms with Gasteiger partial charge in [0.25, 0.3) is 0 Å². The molecule has 1 aliphatic carbocycles. The van der Waals surface area contributed by atoms with Crippen LogP contribution in [-0.4, -0.2) is 39.4 Å². The lowest BCUT2D eigenvalue weighted by Crippen LogP contribution is -2.34. The van der Waals surface area contributed by atoms with Crippen molar-refractivity contribution in [1.82, 2.24) is 9.62 Å². The maximum atomic E-state index is 13.3. The van der Waals surface area contributed by atoms with E-state index in [-0.39, 0.29) is 33.5 Å². The molecule has 0 aliphatic heterocycles. The predicted octanol–water partition coefficient (Wildman–Crippen LogP) is 3.41. The summed E-state index contributed by atoms with van der Waals surface area (Å²) < 4.78 is 41.5. The zero-order valence-corrected chi connectivity index (χ0v) is 17.2. The minimum atomic E-state index is -3.82. The van der Waals surface area contributed by atoms with Crippen LogP contribution in [0.3, 0.4) is 0 Å². The van der Waals surface area contributed by atoms with Crippen molar-refractivity contribution in [2.24, 2.45) is 5.92 Å². The van der Waals surface area contributed by atoms with Gasteiger partial charge in [-0.25, -0.2) is 17.5 Å². The molecule has 1 saturated carbocycles. The van der Waals surface area contributed by atoms with Crippen LogP contribution in [0.15, 0.2) is 53.4 Å². The Kier molecular flexibility index (Phi) is 6.07. The van der Waals surface area contributed by atoms with Crippen molar-refractivity contribution in [1.29, 1.82) is 0 Å². The van der Waals surface area contributed by atoms with Crippen molar-refractivity contribution in [2.45, 2.75) is 29.7 Å². The van der Waals surface area contributed by atoms with Gasteiger partial charge in [-0.15, -0.1) is 0 Å². The van der Waals surface area contributed by atoms with E-state index < -0.39 is 16.1 Å². The van der Waals surface area contributed by atoms with E-state index in [1.807, 2.05) is 0 Å². The average molecular weight is 425 g/mol. The number of halogens is 2. The quantitative estimate of drug-likeness (QED) is 0.799. The number of nitrogens with zero attached hydrogens (tertiary/aromatic N) is 1. The van der Waals surface area contributed by atoms with Crippen LogP contribution in [0.25, 0.3) is 0 Å². The second-order valence-electron chi connectivity index (χ2n) is 7.22. The average Bonchev–Trinajstić information content (AvgIpc) is 3.04. The molecule has 0 saturated heterocycles. The Bertz CT molecular complexity index is 964. The monoisotopic (exact) mass is 424 g/mol. The van der Waals surface area contributed by atoms with Gasteiger partial charge in [-0.1, -0.05) is 35.9 Å². The van der Waals surface area contributed by atoms with Crippen molar-refractivity contribution in [3.8, 4) is 0 Å². The molecular formula is C20H22ClFN2O3S. The van der Waals surface area contributed by atoms with Gasteiger partial charge in [0.2, 0.25) is 15.9 Å². The van der Waals surface area contributed by atoms with Gasteiger partial charge in [0.1, 0.15) is 10.7 Å². The first kappa shape index (κ1) is 20.8. The minimum absolute atomic E-state index is 0.0115. The molecule has 1 amide bonds. The van der Waals surface area contributed by atoms with Gasteiger partial charge in [-0.2, -0.15) is 0 Å². The molecule has 0 aromatic heterocycles. The molecule has 2 aromatic rings. The number of hydrogen-bond acceptors (Lipinski definition) is 3. The lowest BCUT2D eigenvalue weighted by molar-refractivity contribution is -0.133. The number of rotatable bonds is 5. The Balaban J connectivity index is 1.86. The third kappa shape index (κ3) is 4.37. The Hall–Kier alpha value is -1.96. The molecule has 8 heteroatoms. The van der Waals surface area contributed by atoms with E-state index in [4.69, 9.17) is 11.6 Å². The van der Waals surface area contributed by atoms with Gasteiger partial charge in [-0.05, 0) is 48.6 Å². The summed E-state index contributed by atoms with van der Waals surface area (Å²) in [5.74, 6) is -1.02. The molecule has 1 fully saturated rings. The Morgan fingerprint density at radius 2 is 1.75 bits per heavy atom. The number of benzene rings is 2. The molecule has 150 valence electrons. The molecule has 0 bridgehead atoms. The molecule has 1 N–H and O–H groups in total. The van der Waals surface area contributed by atoms with E-state index in [9.17, 15) is 17.6 Å². The van der Waals surface area contributed by atoms with Gasteiger partial charge < -0.3 is 4.90 Å². The van der Waals surface area contributed by atoms with E-state index in [0.29, 0.717) is 12.8 Å². The molecule has 0 radical (unpaired) electrons. The molecule has 5 nitrogen and oxygen atoms in total. The molecule has 28 heavy (non-hydrogen) atoms. The summed E-state index contributed by atoms with van der Waals surface area (Å²) in [6, 6.07) is 11.8. The van der Waals surface area contributed by atoms with Crippen LogP contribution in [0.1, 0.15) is 24.3 Å². The summed E-state index contributed by atoms with van der Waals surface area (Å²) >= 11 is 6.04. The van der Waals surface area contributed by atoms with Crippen LogP contribution in [0.5, 0.6) is 0 Å². The fourth-order valence-electron chi connectivity index (χ4n) is 3.76. The van der Waals surface area contributed by atoms with Gasteiger partial charge in [0.15, 0.2) is 0 Å². The lowest BCUT2D eigenvalue weighted by atomic mass is 9.88. The zero-order valence-electron chi connectivity index (χ0n) is 15.6. The molecule has 0 spiro atoms. The van der Waals surface area contributed by atoms with E-state index in [0.717, 1.165) is 5.56 Å². The van der Waals surface area contributed by atoms with E-state index >= 15 is 0 Å². The number of nitrogens with one attached hydrogen (secondary N) is 1. The molecule has 1 aliphatic rings. The number of sulfonamides is 1. The smallest absolute Gasteiger partial charge is 0.242 e. The highest BCUT2D eigenvalue weighted by molar-refractivity contribution is 7.89. The van der Waals surface area contributed by atoms with Crippen LogP contribution >= 0.6 is 11.6 Å². The SMILES string of the molecule is CN(C)C(=O)[C@H]1C[C@@H](NS(=O)(=O)c2ccccc2Cl)C[C@@H]1c1ccc(F)cc1. The highest BCUT2D eigenvalue weighted by Gasteiger charge is 2.41. The summed E-state index contributed by atoms with van der Waals surface area (Å²) in [5.41, 5.74) is 0.820. The number of carbonyl (C=O) groups excluding carboxylic acids is 1. The highest BCUT2D eigenvalue weighted by Crippen LogP contribution is 2.41. The number of carbonyl (C=O) groups is 1. The van der Waals surface area contributed by atoms with Crippen LogP contribution < -0.4 is 4.72 Å². The standard InChI is InChI=1S/C20H22ClFN2O3S/c1-24(2)20(25)17-12-15(11-16(17)13-7-9-14(22)10-8-13)23-28(26,27)19-6-4-3-5-18(19)21/h3-10,15-17,23H,11-12H2,1-2H3/t15-,16+,17-/m0/s1. The maximum absolute atomic E-state index is 13.3. The molecule has 3 atom stereocenters. The van der Waals surface area contributed by atoms with Crippen LogP contribution in [0.2, 0.25) is 5.02 Å². The normalized spacial score (nSPS) is 22.2. The van der Waals surface area contributed by atoms with Crippen LogP contribution in [0, 0.1) is 11.7 Å². The first-order valence-corrected chi connectivity index (χ1v) is 10.8.